The third-order valence-corrected chi connectivity index (χ3v) is 8.76. The topological polar surface area (TPSA) is 55.4 Å². The first kappa shape index (κ1) is 28.2. The van der Waals surface area contributed by atoms with E-state index in [1.165, 1.54) is 0 Å². The summed E-state index contributed by atoms with van der Waals surface area (Å²) < 4.78 is 38.8. The molecule has 0 aliphatic carbocycles. The van der Waals surface area contributed by atoms with Crippen molar-refractivity contribution >= 4 is 8.07 Å². The van der Waals surface area contributed by atoms with Gasteiger partial charge < -0.3 is 28.4 Å². The molecule has 2 aliphatic heterocycles. The van der Waals surface area contributed by atoms with E-state index in [9.17, 15) is 0 Å². The molecule has 39 heavy (non-hydrogen) atoms. The van der Waals surface area contributed by atoms with E-state index in [-0.39, 0.29) is 12.2 Å². The fourth-order valence-electron chi connectivity index (χ4n) is 4.84. The van der Waals surface area contributed by atoms with E-state index in [2.05, 4.69) is 43.9 Å². The molecule has 3 aromatic rings. The maximum Gasteiger partial charge on any atom is 0.186 e. The minimum absolute atomic E-state index is 0.334. The molecule has 6 nitrogen and oxygen atoms in total. The van der Waals surface area contributed by atoms with Gasteiger partial charge in [-0.15, -0.1) is 0 Å². The van der Waals surface area contributed by atoms with Gasteiger partial charge in [0.25, 0.3) is 0 Å². The minimum Gasteiger partial charge on any atom is -0.368 e. The van der Waals surface area contributed by atoms with Gasteiger partial charge in [-0.1, -0.05) is 111 Å². The summed E-state index contributed by atoms with van der Waals surface area (Å²) in [7, 11) is -1.29. The Labute approximate surface area is 233 Å². The molecule has 2 saturated heterocycles. The third kappa shape index (κ3) is 7.86. The summed E-state index contributed by atoms with van der Waals surface area (Å²) in [6, 6.07) is 31.4. The monoisotopic (exact) mass is 548 g/mol. The maximum atomic E-state index is 6.64. The molecular formula is C32H40O6Si. The van der Waals surface area contributed by atoms with Crippen LogP contribution in [0.15, 0.2) is 91.0 Å². The van der Waals surface area contributed by atoms with Crippen LogP contribution in [0.3, 0.4) is 0 Å². The van der Waals surface area contributed by atoms with Gasteiger partial charge >= 0.3 is 0 Å². The Morgan fingerprint density at radius 3 is 1.85 bits per heavy atom. The molecule has 0 saturated carbocycles. The normalized spacial score (nSPS) is 27.2. The van der Waals surface area contributed by atoms with Crippen LogP contribution in [0.1, 0.15) is 23.0 Å². The van der Waals surface area contributed by atoms with Crippen molar-refractivity contribution in [3.05, 3.63) is 108 Å². The van der Waals surface area contributed by atoms with Crippen LogP contribution in [-0.2, 0) is 41.6 Å². The molecule has 0 aromatic heterocycles. The van der Waals surface area contributed by atoms with Gasteiger partial charge in [0.05, 0.1) is 19.8 Å². The van der Waals surface area contributed by atoms with Crippen molar-refractivity contribution in [3.8, 4) is 0 Å². The molecule has 6 atom stereocenters. The van der Waals surface area contributed by atoms with Crippen molar-refractivity contribution in [2.24, 2.45) is 0 Å². The Morgan fingerprint density at radius 2 is 1.26 bits per heavy atom. The van der Waals surface area contributed by atoms with E-state index >= 15 is 0 Å². The van der Waals surface area contributed by atoms with E-state index < -0.39 is 32.9 Å². The molecule has 2 aliphatic rings. The number of benzene rings is 3. The molecule has 208 valence electrons. The summed E-state index contributed by atoms with van der Waals surface area (Å²) in [6.45, 7) is 8.88. The Kier molecular flexibility index (Phi) is 9.63. The Balaban J connectivity index is 1.40. The van der Waals surface area contributed by atoms with E-state index in [1.54, 1.807) is 0 Å². The first-order valence-corrected chi connectivity index (χ1v) is 17.6. The second kappa shape index (κ2) is 13.3. The SMILES string of the molecule is C[Si](C)(C)CCO[C@@H]1O[C@@H]2COC(c3ccccc3)O[C@H]2[C@H](OCc2ccccc2)[C@H]1OCc1ccccc1. The van der Waals surface area contributed by atoms with E-state index in [1.807, 2.05) is 66.7 Å². The molecule has 0 amide bonds. The van der Waals surface area contributed by atoms with Crippen molar-refractivity contribution in [2.45, 2.75) is 75.9 Å². The van der Waals surface area contributed by atoms with Crippen LogP contribution < -0.4 is 0 Å². The van der Waals surface area contributed by atoms with Gasteiger partial charge in [-0.25, -0.2) is 0 Å². The van der Waals surface area contributed by atoms with Crippen LogP contribution in [-0.4, -0.2) is 52.0 Å². The number of fused-ring (bicyclic) bond motifs is 1. The summed E-state index contributed by atoms with van der Waals surface area (Å²) in [4.78, 5) is 0. The molecule has 0 radical (unpaired) electrons. The van der Waals surface area contributed by atoms with E-state index in [0.29, 0.717) is 26.4 Å². The lowest BCUT2D eigenvalue weighted by Crippen LogP contribution is -2.63. The zero-order valence-electron chi connectivity index (χ0n) is 23.1. The zero-order chi connectivity index (χ0) is 27.1. The molecular weight excluding hydrogens is 508 g/mol. The fourth-order valence-corrected chi connectivity index (χ4v) is 5.57. The molecule has 0 N–H and O–H groups in total. The molecule has 2 fully saturated rings. The Hall–Kier alpha value is -2.36. The molecule has 5 rings (SSSR count). The predicted octanol–water partition coefficient (Wildman–Crippen LogP) is 6.35. The lowest BCUT2D eigenvalue weighted by atomic mass is 9.97. The van der Waals surface area contributed by atoms with E-state index in [4.69, 9.17) is 28.4 Å². The minimum atomic E-state index is -1.29. The average Bonchev–Trinajstić information content (AvgIpc) is 2.96. The largest absolute Gasteiger partial charge is 0.368 e. The molecule has 0 spiro atoms. The highest BCUT2D eigenvalue weighted by Crippen LogP contribution is 2.37. The van der Waals surface area contributed by atoms with Crippen LogP contribution in [0.5, 0.6) is 0 Å². The van der Waals surface area contributed by atoms with Crippen LogP contribution in [0.25, 0.3) is 0 Å². The highest BCUT2D eigenvalue weighted by atomic mass is 28.3. The summed E-state index contributed by atoms with van der Waals surface area (Å²) >= 11 is 0. The first-order chi connectivity index (χ1) is 19.0. The van der Waals surface area contributed by atoms with Gasteiger partial charge in [-0.2, -0.15) is 0 Å². The second-order valence-electron chi connectivity index (χ2n) is 11.4. The van der Waals surface area contributed by atoms with Crippen molar-refractivity contribution in [1.29, 1.82) is 0 Å². The summed E-state index contributed by atoms with van der Waals surface area (Å²) in [5.41, 5.74) is 3.13. The predicted molar refractivity (Wildman–Crippen MR) is 153 cm³/mol. The fraction of sp³-hybridized carbons (Fsp3) is 0.438. The molecule has 0 bridgehead atoms. The van der Waals surface area contributed by atoms with Crippen LogP contribution in [0, 0.1) is 0 Å². The summed E-state index contributed by atoms with van der Waals surface area (Å²) in [5, 5.41) is 0. The third-order valence-electron chi connectivity index (χ3n) is 7.06. The van der Waals surface area contributed by atoms with Crippen LogP contribution >= 0.6 is 0 Å². The average molecular weight is 549 g/mol. The Bertz CT molecular complexity index is 1120. The van der Waals surface area contributed by atoms with E-state index in [0.717, 1.165) is 22.7 Å². The van der Waals surface area contributed by atoms with Crippen molar-refractivity contribution in [3.63, 3.8) is 0 Å². The van der Waals surface area contributed by atoms with Crippen LogP contribution in [0.2, 0.25) is 25.7 Å². The van der Waals surface area contributed by atoms with Crippen molar-refractivity contribution in [2.75, 3.05) is 13.2 Å². The second-order valence-corrected chi connectivity index (χ2v) is 17.0. The molecule has 7 heteroatoms. The van der Waals surface area contributed by atoms with Crippen molar-refractivity contribution in [1.82, 2.24) is 0 Å². The molecule has 2 heterocycles. The van der Waals surface area contributed by atoms with Gasteiger partial charge in [0, 0.05) is 20.2 Å². The van der Waals surface area contributed by atoms with Gasteiger partial charge in [-0.3, -0.25) is 0 Å². The van der Waals surface area contributed by atoms with Crippen LogP contribution in [0.4, 0.5) is 0 Å². The zero-order valence-corrected chi connectivity index (χ0v) is 24.1. The number of rotatable bonds is 11. The van der Waals surface area contributed by atoms with Gasteiger partial charge in [0.15, 0.2) is 12.6 Å². The maximum absolute atomic E-state index is 6.64. The lowest BCUT2D eigenvalue weighted by Gasteiger charge is -2.49. The van der Waals surface area contributed by atoms with Crippen molar-refractivity contribution < 1.29 is 28.4 Å². The molecule has 1 unspecified atom stereocenters. The first-order valence-electron chi connectivity index (χ1n) is 13.9. The summed E-state index contributed by atoms with van der Waals surface area (Å²) in [5.74, 6) is 0. The quantitative estimate of drug-likeness (QED) is 0.260. The summed E-state index contributed by atoms with van der Waals surface area (Å²) in [6.07, 6.45) is -2.71. The van der Waals surface area contributed by atoms with Gasteiger partial charge in [0.2, 0.25) is 0 Å². The number of ether oxygens (including phenoxy) is 6. The highest BCUT2D eigenvalue weighted by molar-refractivity contribution is 6.76. The van der Waals surface area contributed by atoms with Gasteiger partial charge in [0.1, 0.15) is 24.4 Å². The smallest absolute Gasteiger partial charge is 0.186 e. The number of hydrogen-bond donors (Lipinski definition) is 0. The standard InChI is InChI=1S/C32H40O6Si/c1-39(2,3)20-19-33-32-30(35-22-25-15-9-5-10-16-25)29(34-21-24-13-7-4-8-14-24)28-27(37-32)23-36-31(38-28)26-17-11-6-12-18-26/h4-18,27-32H,19-23H2,1-3H3/t27-,28-,29+,30-,31?,32-/m1/s1. The van der Waals surface area contributed by atoms with Gasteiger partial charge in [-0.05, 0) is 17.2 Å². The molecule has 3 aromatic carbocycles. The highest BCUT2D eigenvalue weighted by Gasteiger charge is 2.52. The Morgan fingerprint density at radius 1 is 0.692 bits per heavy atom. The number of hydrogen-bond acceptors (Lipinski definition) is 6. The lowest BCUT2D eigenvalue weighted by molar-refractivity contribution is -0.372.